The summed E-state index contributed by atoms with van der Waals surface area (Å²) >= 11 is 0. The Labute approximate surface area is 146 Å². The summed E-state index contributed by atoms with van der Waals surface area (Å²) in [5, 5.41) is 13.4. The van der Waals surface area contributed by atoms with Crippen LogP contribution in [-0.2, 0) is 0 Å². The standard InChI is InChI=1S/C17H22N8/c1-12-10-16(19-11-18-12)24-8-6-13(7-9-24)17-21-20-14-4-5-15(23(2)3)22-25(14)17/h4-5,10-11,13H,6-9H2,1-3H3. The predicted octanol–water partition coefficient (Wildman–Crippen LogP) is 1.67. The van der Waals surface area contributed by atoms with Crippen LogP contribution in [0.4, 0.5) is 11.6 Å². The molecule has 0 radical (unpaired) electrons. The van der Waals surface area contributed by atoms with Gasteiger partial charge in [-0.25, -0.2) is 9.97 Å². The lowest BCUT2D eigenvalue weighted by Crippen LogP contribution is -2.34. The number of hydrogen-bond acceptors (Lipinski definition) is 7. The van der Waals surface area contributed by atoms with Crippen LogP contribution in [0.5, 0.6) is 0 Å². The first-order valence-corrected chi connectivity index (χ1v) is 8.55. The summed E-state index contributed by atoms with van der Waals surface area (Å²) in [6.07, 6.45) is 3.66. The van der Waals surface area contributed by atoms with Gasteiger partial charge >= 0.3 is 0 Å². The number of aromatic nitrogens is 6. The highest BCUT2D eigenvalue weighted by molar-refractivity contribution is 5.45. The average Bonchev–Trinajstić information content (AvgIpc) is 3.05. The Kier molecular flexibility index (Phi) is 3.95. The van der Waals surface area contributed by atoms with Crippen molar-refractivity contribution in [1.29, 1.82) is 0 Å². The van der Waals surface area contributed by atoms with Crippen LogP contribution in [0.2, 0.25) is 0 Å². The van der Waals surface area contributed by atoms with E-state index in [9.17, 15) is 0 Å². The van der Waals surface area contributed by atoms with Crippen LogP contribution in [0.1, 0.15) is 30.3 Å². The minimum atomic E-state index is 0.360. The third kappa shape index (κ3) is 2.99. The normalized spacial score (nSPS) is 15.7. The molecular formula is C17H22N8. The fourth-order valence-electron chi connectivity index (χ4n) is 3.27. The maximum absolute atomic E-state index is 4.68. The van der Waals surface area contributed by atoms with E-state index in [1.54, 1.807) is 6.33 Å². The summed E-state index contributed by atoms with van der Waals surface area (Å²) in [6, 6.07) is 5.98. The second-order valence-electron chi connectivity index (χ2n) is 6.69. The molecule has 0 saturated carbocycles. The van der Waals surface area contributed by atoms with Crippen molar-refractivity contribution in [2.24, 2.45) is 0 Å². The second-order valence-corrected chi connectivity index (χ2v) is 6.69. The Bertz CT molecular complexity index is 879. The monoisotopic (exact) mass is 338 g/mol. The van der Waals surface area contributed by atoms with Gasteiger partial charge in [-0.05, 0) is 31.9 Å². The van der Waals surface area contributed by atoms with Gasteiger partial charge in [0, 0.05) is 44.9 Å². The summed E-state index contributed by atoms with van der Waals surface area (Å²) < 4.78 is 1.89. The van der Waals surface area contributed by atoms with Gasteiger partial charge in [0.2, 0.25) is 0 Å². The van der Waals surface area contributed by atoms with Gasteiger partial charge < -0.3 is 9.80 Å². The second kappa shape index (κ2) is 6.27. The highest BCUT2D eigenvalue weighted by atomic mass is 15.4. The summed E-state index contributed by atoms with van der Waals surface area (Å²) in [5.41, 5.74) is 1.80. The first kappa shape index (κ1) is 15.7. The number of nitrogens with zero attached hydrogens (tertiary/aromatic N) is 8. The molecule has 0 amide bonds. The third-order valence-electron chi connectivity index (χ3n) is 4.70. The molecule has 1 fully saturated rings. The zero-order valence-corrected chi connectivity index (χ0v) is 14.8. The Morgan fingerprint density at radius 1 is 1.08 bits per heavy atom. The lowest BCUT2D eigenvalue weighted by Gasteiger charge is -2.31. The summed E-state index contributed by atoms with van der Waals surface area (Å²) in [5.74, 6) is 3.23. The lowest BCUT2D eigenvalue weighted by molar-refractivity contribution is 0.475. The van der Waals surface area contributed by atoms with Crippen molar-refractivity contribution >= 4 is 17.3 Å². The van der Waals surface area contributed by atoms with Crippen molar-refractivity contribution in [3.8, 4) is 0 Å². The van der Waals surface area contributed by atoms with E-state index in [1.165, 1.54) is 0 Å². The quantitative estimate of drug-likeness (QED) is 0.719. The maximum Gasteiger partial charge on any atom is 0.178 e. The molecule has 1 aliphatic rings. The predicted molar refractivity (Wildman–Crippen MR) is 96.1 cm³/mol. The molecule has 3 aromatic rings. The van der Waals surface area contributed by atoms with Crippen LogP contribution in [0.3, 0.4) is 0 Å². The fraction of sp³-hybridized carbons (Fsp3) is 0.471. The minimum Gasteiger partial charge on any atom is -0.361 e. The molecule has 0 bridgehead atoms. The van der Waals surface area contributed by atoms with E-state index in [-0.39, 0.29) is 0 Å². The number of aryl methyl sites for hydroxylation is 1. The molecule has 0 N–H and O–H groups in total. The molecule has 1 aliphatic heterocycles. The van der Waals surface area contributed by atoms with Gasteiger partial charge in [0.1, 0.15) is 18.0 Å². The summed E-state index contributed by atoms with van der Waals surface area (Å²) in [6.45, 7) is 3.89. The molecule has 8 nitrogen and oxygen atoms in total. The Morgan fingerprint density at radius 2 is 1.88 bits per heavy atom. The lowest BCUT2D eigenvalue weighted by atomic mass is 9.96. The van der Waals surface area contributed by atoms with Crippen molar-refractivity contribution < 1.29 is 0 Å². The highest BCUT2D eigenvalue weighted by Gasteiger charge is 2.26. The largest absolute Gasteiger partial charge is 0.361 e. The molecule has 4 rings (SSSR count). The van der Waals surface area contributed by atoms with Gasteiger partial charge in [-0.15, -0.1) is 15.3 Å². The van der Waals surface area contributed by atoms with E-state index in [1.807, 2.05) is 48.6 Å². The molecule has 1 saturated heterocycles. The van der Waals surface area contributed by atoms with Gasteiger partial charge in [-0.3, -0.25) is 0 Å². The van der Waals surface area contributed by atoms with Crippen LogP contribution in [0, 0.1) is 6.92 Å². The molecule has 130 valence electrons. The van der Waals surface area contributed by atoms with Crippen molar-refractivity contribution in [2.75, 3.05) is 37.0 Å². The molecule has 4 heterocycles. The molecule has 0 atom stereocenters. The van der Waals surface area contributed by atoms with Gasteiger partial charge in [0.25, 0.3) is 0 Å². The number of fused-ring (bicyclic) bond motifs is 1. The van der Waals surface area contributed by atoms with E-state index in [4.69, 9.17) is 0 Å². The number of piperidine rings is 1. The maximum atomic E-state index is 4.68. The average molecular weight is 338 g/mol. The Morgan fingerprint density at radius 3 is 2.60 bits per heavy atom. The molecule has 3 aromatic heterocycles. The van der Waals surface area contributed by atoms with E-state index >= 15 is 0 Å². The Balaban J connectivity index is 1.54. The SMILES string of the molecule is Cc1cc(N2CCC(c3nnc4ccc(N(C)C)nn34)CC2)ncn1. The highest BCUT2D eigenvalue weighted by Crippen LogP contribution is 2.29. The third-order valence-corrected chi connectivity index (χ3v) is 4.70. The molecule has 0 spiro atoms. The molecule has 0 aliphatic carbocycles. The summed E-state index contributed by atoms with van der Waals surface area (Å²) in [4.78, 5) is 12.9. The topological polar surface area (TPSA) is 75.3 Å². The molecular weight excluding hydrogens is 316 g/mol. The smallest absolute Gasteiger partial charge is 0.178 e. The van der Waals surface area contributed by atoms with E-state index in [2.05, 4.69) is 30.2 Å². The fourth-order valence-corrected chi connectivity index (χ4v) is 3.27. The number of anilines is 2. The van der Waals surface area contributed by atoms with Crippen LogP contribution in [0.15, 0.2) is 24.5 Å². The van der Waals surface area contributed by atoms with Crippen molar-refractivity contribution in [2.45, 2.75) is 25.7 Å². The summed E-state index contributed by atoms with van der Waals surface area (Å²) in [7, 11) is 3.97. The zero-order chi connectivity index (χ0) is 17.4. The zero-order valence-electron chi connectivity index (χ0n) is 14.8. The minimum absolute atomic E-state index is 0.360. The van der Waals surface area contributed by atoms with Gasteiger partial charge in [-0.1, -0.05) is 0 Å². The van der Waals surface area contributed by atoms with Crippen LogP contribution in [0.25, 0.3) is 5.65 Å². The van der Waals surface area contributed by atoms with Crippen molar-refractivity contribution in [3.05, 3.63) is 36.0 Å². The number of hydrogen-bond donors (Lipinski definition) is 0. The first-order chi connectivity index (χ1) is 12.1. The molecule has 0 unspecified atom stereocenters. The van der Waals surface area contributed by atoms with Crippen LogP contribution in [-0.4, -0.2) is 57.0 Å². The number of rotatable bonds is 3. The van der Waals surface area contributed by atoms with E-state index in [0.717, 1.165) is 54.7 Å². The van der Waals surface area contributed by atoms with Crippen molar-refractivity contribution in [1.82, 2.24) is 29.8 Å². The van der Waals surface area contributed by atoms with E-state index in [0.29, 0.717) is 5.92 Å². The molecule has 8 heteroatoms. The van der Waals surface area contributed by atoms with E-state index < -0.39 is 0 Å². The first-order valence-electron chi connectivity index (χ1n) is 8.55. The Hall–Kier alpha value is -2.77. The van der Waals surface area contributed by atoms with Gasteiger partial charge in [0.05, 0.1) is 0 Å². The van der Waals surface area contributed by atoms with Crippen LogP contribution < -0.4 is 9.80 Å². The molecule has 25 heavy (non-hydrogen) atoms. The van der Waals surface area contributed by atoms with Crippen LogP contribution >= 0.6 is 0 Å². The molecule has 0 aromatic carbocycles. The van der Waals surface area contributed by atoms with Gasteiger partial charge in [0.15, 0.2) is 11.5 Å². The van der Waals surface area contributed by atoms with Gasteiger partial charge in [-0.2, -0.15) is 4.52 Å². The van der Waals surface area contributed by atoms with Crippen molar-refractivity contribution in [3.63, 3.8) is 0 Å².